The number of amides is 1. The van der Waals surface area contributed by atoms with Gasteiger partial charge >= 0.3 is 0 Å². The number of ether oxygens (including phenoxy) is 1. The molecular weight excluding hydrogens is 278 g/mol. The number of rotatable bonds is 3. The first-order valence-electron chi connectivity index (χ1n) is 6.98. The van der Waals surface area contributed by atoms with E-state index >= 15 is 0 Å². The van der Waals surface area contributed by atoms with Gasteiger partial charge in [-0.2, -0.15) is 5.10 Å². The Morgan fingerprint density at radius 3 is 2.68 bits per heavy atom. The molecule has 3 aromatic rings. The Balaban J connectivity index is 2.01. The maximum atomic E-state index is 12.7. The molecule has 0 unspecified atom stereocenters. The van der Waals surface area contributed by atoms with Crippen LogP contribution in [0, 0.1) is 6.92 Å². The van der Waals surface area contributed by atoms with Crippen molar-refractivity contribution in [2.24, 2.45) is 7.05 Å². The fraction of sp³-hybridized carbons (Fsp3) is 0.176. The van der Waals surface area contributed by atoms with E-state index in [1.165, 1.54) is 0 Å². The van der Waals surface area contributed by atoms with Crippen LogP contribution in [-0.4, -0.2) is 22.8 Å². The van der Waals surface area contributed by atoms with Gasteiger partial charge in [0.05, 0.1) is 12.8 Å². The summed E-state index contributed by atoms with van der Waals surface area (Å²) in [6, 6.07) is 13.5. The molecular formula is C17H17N3O2. The average Bonchev–Trinajstić information content (AvgIpc) is 2.80. The number of methoxy groups -OCH3 is 1. The number of hydrogen-bond donors (Lipinski definition) is 1. The van der Waals surface area contributed by atoms with E-state index in [2.05, 4.69) is 10.4 Å². The molecule has 0 fully saturated rings. The molecule has 1 N–H and O–H groups in total. The number of benzene rings is 2. The number of hydrogen-bond acceptors (Lipinski definition) is 3. The fourth-order valence-electron chi connectivity index (χ4n) is 2.62. The lowest BCUT2D eigenvalue weighted by Crippen LogP contribution is -2.13. The lowest BCUT2D eigenvalue weighted by atomic mass is 10.0. The molecule has 0 aliphatic rings. The SMILES string of the molecule is COc1c(NC(=O)c2cccc3ccccc23)c(C)nn1C. The molecule has 0 saturated carbocycles. The zero-order chi connectivity index (χ0) is 15.7. The molecule has 0 aliphatic carbocycles. The van der Waals surface area contributed by atoms with Crippen LogP contribution in [0.1, 0.15) is 16.1 Å². The van der Waals surface area contributed by atoms with Crippen molar-refractivity contribution in [3.63, 3.8) is 0 Å². The monoisotopic (exact) mass is 295 g/mol. The Kier molecular flexibility index (Phi) is 3.55. The molecule has 112 valence electrons. The molecule has 0 atom stereocenters. The lowest BCUT2D eigenvalue weighted by molar-refractivity contribution is 0.102. The number of nitrogens with one attached hydrogen (secondary N) is 1. The second kappa shape index (κ2) is 5.52. The van der Waals surface area contributed by atoms with Gasteiger partial charge < -0.3 is 10.1 Å². The second-order valence-electron chi connectivity index (χ2n) is 5.07. The molecule has 0 bridgehead atoms. The topological polar surface area (TPSA) is 56.1 Å². The zero-order valence-corrected chi connectivity index (χ0v) is 12.8. The number of fused-ring (bicyclic) bond motifs is 1. The molecule has 0 aliphatic heterocycles. The van der Waals surface area contributed by atoms with E-state index in [1.54, 1.807) is 18.8 Å². The smallest absolute Gasteiger partial charge is 0.256 e. The van der Waals surface area contributed by atoms with E-state index in [-0.39, 0.29) is 5.91 Å². The summed E-state index contributed by atoms with van der Waals surface area (Å²) in [6.45, 7) is 1.83. The standard InChI is InChI=1S/C17H17N3O2/c1-11-15(17(22-3)20(2)19-11)18-16(21)14-10-6-8-12-7-4-5-9-13(12)14/h4-10H,1-3H3,(H,18,21). The molecule has 22 heavy (non-hydrogen) atoms. The first-order valence-corrected chi connectivity index (χ1v) is 6.98. The van der Waals surface area contributed by atoms with Crippen molar-refractivity contribution >= 4 is 22.4 Å². The predicted molar refractivity (Wildman–Crippen MR) is 86.4 cm³/mol. The number of aromatic nitrogens is 2. The van der Waals surface area contributed by atoms with Gasteiger partial charge in [-0.1, -0.05) is 36.4 Å². The van der Waals surface area contributed by atoms with Crippen molar-refractivity contribution in [1.82, 2.24) is 9.78 Å². The minimum Gasteiger partial charge on any atom is -0.480 e. The van der Waals surface area contributed by atoms with Gasteiger partial charge in [0.25, 0.3) is 5.91 Å². The van der Waals surface area contributed by atoms with Crippen LogP contribution in [-0.2, 0) is 7.05 Å². The molecule has 3 rings (SSSR count). The highest BCUT2D eigenvalue weighted by atomic mass is 16.5. The molecule has 0 radical (unpaired) electrons. The van der Waals surface area contributed by atoms with Crippen LogP contribution >= 0.6 is 0 Å². The minimum atomic E-state index is -0.175. The van der Waals surface area contributed by atoms with Crippen LogP contribution < -0.4 is 10.1 Å². The summed E-state index contributed by atoms with van der Waals surface area (Å²) in [5, 5.41) is 9.13. The van der Waals surface area contributed by atoms with Crippen LogP contribution in [0.3, 0.4) is 0 Å². The molecule has 5 nitrogen and oxygen atoms in total. The van der Waals surface area contributed by atoms with Crippen LogP contribution in [0.4, 0.5) is 5.69 Å². The van der Waals surface area contributed by atoms with Gasteiger partial charge in [-0.3, -0.25) is 4.79 Å². The Bertz CT molecular complexity index is 847. The van der Waals surface area contributed by atoms with Gasteiger partial charge in [0.15, 0.2) is 0 Å². The van der Waals surface area contributed by atoms with E-state index < -0.39 is 0 Å². The summed E-state index contributed by atoms with van der Waals surface area (Å²) < 4.78 is 6.91. The maximum Gasteiger partial charge on any atom is 0.256 e. The summed E-state index contributed by atoms with van der Waals surface area (Å²) in [5.74, 6) is 0.359. The Morgan fingerprint density at radius 2 is 1.91 bits per heavy atom. The molecule has 2 aromatic carbocycles. The van der Waals surface area contributed by atoms with Crippen LogP contribution in [0.5, 0.6) is 5.88 Å². The Morgan fingerprint density at radius 1 is 1.18 bits per heavy atom. The van der Waals surface area contributed by atoms with Crippen LogP contribution in [0.2, 0.25) is 0 Å². The molecule has 0 spiro atoms. The number of nitrogens with zero attached hydrogens (tertiary/aromatic N) is 2. The maximum absolute atomic E-state index is 12.7. The summed E-state index contributed by atoms with van der Waals surface area (Å²) in [6.07, 6.45) is 0. The van der Waals surface area contributed by atoms with Crippen LogP contribution in [0.25, 0.3) is 10.8 Å². The minimum absolute atomic E-state index is 0.175. The molecule has 5 heteroatoms. The van der Waals surface area contributed by atoms with E-state index in [1.807, 2.05) is 49.4 Å². The largest absolute Gasteiger partial charge is 0.480 e. The number of anilines is 1. The van der Waals surface area contributed by atoms with Gasteiger partial charge in [0.1, 0.15) is 5.69 Å². The highest BCUT2D eigenvalue weighted by Gasteiger charge is 2.18. The molecule has 0 saturated heterocycles. The summed E-state index contributed by atoms with van der Waals surface area (Å²) in [5.41, 5.74) is 1.94. The third kappa shape index (κ3) is 2.30. The van der Waals surface area contributed by atoms with E-state index in [4.69, 9.17) is 4.74 Å². The van der Waals surface area contributed by atoms with Crippen molar-refractivity contribution in [3.05, 3.63) is 53.7 Å². The lowest BCUT2D eigenvalue weighted by Gasteiger charge is -2.09. The van der Waals surface area contributed by atoms with Crippen molar-refractivity contribution in [1.29, 1.82) is 0 Å². The normalized spacial score (nSPS) is 10.7. The highest BCUT2D eigenvalue weighted by molar-refractivity contribution is 6.13. The Hall–Kier alpha value is -2.82. The van der Waals surface area contributed by atoms with Gasteiger partial charge in [0.2, 0.25) is 5.88 Å². The Labute approximate surface area is 128 Å². The van der Waals surface area contributed by atoms with Crippen molar-refractivity contribution in [3.8, 4) is 5.88 Å². The summed E-state index contributed by atoms with van der Waals surface area (Å²) in [7, 11) is 3.34. The van der Waals surface area contributed by atoms with Crippen molar-refractivity contribution in [2.75, 3.05) is 12.4 Å². The predicted octanol–water partition coefficient (Wildman–Crippen LogP) is 3.14. The van der Waals surface area contributed by atoms with E-state index in [0.29, 0.717) is 22.8 Å². The van der Waals surface area contributed by atoms with Crippen molar-refractivity contribution in [2.45, 2.75) is 6.92 Å². The number of carbonyl (C=O) groups excluding carboxylic acids is 1. The van der Waals surface area contributed by atoms with E-state index in [0.717, 1.165) is 10.8 Å². The van der Waals surface area contributed by atoms with Crippen LogP contribution in [0.15, 0.2) is 42.5 Å². The average molecular weight is 295 g/mol. The first kappa shape index (κ1) is 14.1. The zero-order valence-electron chi connectivity index (χ0n) is 12.8. The fourth-order valence-corrected chi connectivity index (χ4v) is 2.62. The van der Waals surface area contributed by atoms with Gasteiger partial charge in [-0.25, -0.2) is 4.68 Å². The third-order valence-corrected chi connectivity index (χ3v) is 3.64. The highest BCUT2D eigenvalue weighted by Crippen LogP contribution is 2.28. The third-order valence-electron chi connectivity index (χ3n) is 3.64. The van der Waals surface area contributed by atoms with Gasteiger partial charge in [-0.05, 0) is 23.8 Å². The number of carbonyl (C=O) groups is 1. The molecule has 1 heterocycles. The van der Waals surface area contributed by atoms with E-state index in [9.17, 15) is 4.79 Å². The quantitative estimate of drug-likeness (QED) is 0.807. The summed E-state index contributed by atoms with van der Waals surface area (Å²) in [4.78, 5) is 12.7. The molecule has 1 aromatic heterocycles. The second-order valence-corrected chi connectivity index (χ2v) is 5.07. The number of aryl methyl sites for hydroxylation is 2. The van der Waals surface area contributed by atoms with Gasteiger partial charge in [-0.15, -0.1) is 0 Å². The van der Waals surface area contributed by atoms with Crippen molar-refractivity contribution < 1.29 is 9.53 Å². The van der Waals surface area contributed by atoms with Gasteiger partial charge in [0, 0.05) is 12.6 Å². The first-order chi connectivity index (χ1) is 10.6. The summed E-state index contributed by atoms with van der Waals surface area (Å²) >= 11 is 0. The molecule has 1 amide bonds.